The molecule has 5 heteroatoms. The summed E-state index contributed by atoms with van der Waals surface area (Å²) in [6, 6.07) is 24.4. The molecule has 2 heterocycles. The van der Waals surface area contributed by atoms with Gasteiger partial charge in [0.15, 0.2) is 0 Å². The maximum atomic E-state index is 14.1. The Balaban J connectivity index is 1.62. The number of rotatable bonds is 6. The molecule has 0 unspecified atom stereocenters. The van der Waals surface area contributed by atoms with E-state index in [2.05, 4.69) is 47.1 Å². The van der Waals surface area contributed by atoms with E-state index in [1.807, 2.05) is 42.5 Å². The fourth-order valence-corrected chi connectivity index (χ4v) is 6.19. The van der Waals surface area contributed by atoms with Crippen LogP contribution in [0.15, 0.2) is 83.9 Å². The highest BCUT2D eigenvalue weighted by Crippen LogP contribution is 2.52. The minimum Gasteiger partial charge on any atom is -0.497 e. The van der Waals surface area contributed by atoms with Crippen molar-refractivity contribution in [3.8, 4) is 22.8 Å². The van der Waals surface area contributed by atoms with E-state index in [-0.39, 0.29) is 18.0 Å². The van der Waals surface area contributed by atoms with Crippen LogP contribution >= 0.6 is 0 Å². The molecule has 37 heavy (non-hydrogen) atoms. The first-order valence-corrected chi connectivity index (χ1v) is 13.0. The lowest BCUT2D eigenvalue weighted by molar-refractivity contribution is -0.129. The summed E-state index contributed by atoms with van der Waals surface area (Å²) in [5.41, 5.74) is 7.49. The molecule has 3 aromatic carbocycles. The van der Waals surface area contributed by atoms with Crippen molar-refractivity contribution in [2.45, 2.75) is 44.7 Å². The first kappa shape index (κ1) is 23.4. The summed E-state index contributed by atoms with van der Waals surface area (Å²) >= 11 is 0. The predicted octanol–water partition coefficient (Wildman–Crippen LogP) is 7.37. The maximum absolute atomic E-state index is 14.1. The van der Waals surface area contributed by atoms with Gasteiger partial charge in [-0.2, -0.15) is 0 Å². The number of benzene rings is 3. The molecule has 1 N–H and O–H groups in total. The van der Waals surface area contributed by atoms with Crippen LogP contribution in [-0.2, 0) is 4.79 Å². The van der Waals surface area contributed by atoms with Crippen molar-refractivity contribution in [2.75, 3.05) is 14.2 Å². The lowest BCUT2D eigenvalue weighted by Crippen LogP contribution is -2.33. The average molecular weight is 493 g/mol. The molecule has 0 spiro atoms. The molecule has 1 amide bonds. The van der Waals surface area contributed by atoms with E-state index >= 15 is 0 Å². The number of methoxy groups -OCH3 is 2. The molecule has 5 nitrogen and oxygen atoms in total. The van der Waals surface area contributed by atoms with Gasteiger partial charge in [0.1, 0.15) is 11.5 Å². The number of amides is 1. The molecule has 2 aliphatic rings. The molecule has 1 aromatic heterocycles. The summed E-state index contributed by atoms with van der Waals surface area (Å²) in [7, 11) is 3.37. The Kier molecular flexibility index (Phi) is 5.99. The Morgan fingerprint density at radius 2 is 1.68 bits per heavy atom. The number of aromatic amines is 1. The Hall–Kier alpha value is -3.99. The number of carbonyl (C=O) groups is 1. The maximum Gasteiger partial charge on any atom is 0.251 e. The molecule has 0 fully saturated rings. The zero-order chi connectivity index (χ0) is 25.5. The summed E-state index contributed by atoms with van der Waals surface area (Å²) in [6.07, 6.45) is 3.96. The highest BCUT2D eigenvalue weighted by molar-refractivity contribution is 6.01. The minimum atomic E-state index is -0.153. The van der Waals surface area contributed by atoms with Gasteiger partial charge in [-0.15, -0.1) is 0 Å². The van der Waals surface area contributed by atoms with E-state index in [0.29, 0.717) is 0 Å². The number of nitrogens with zero attached hydrogens (tertiary/aromatic N) is 1. The summed E-state index contributed by atoms with van der Waals surface area (Å²) in [4.78, 5) is 19.9. The van der Waals surface area contributed by atoms with Crippen molar-refractivity contribution in [3.63, 3.8) is 0 Å². The summed E-state index contributed by atoms with van der Waals surface area (Å²) in [5.74, 6) is 1.69. The largest absolute Gasteiger partial charge is 0.497 e. The molecule has 0 radical (unpaired) electrons. The van der Waals surface area contributed by atoms with Gasteiger partial charge in [0.25, 0.3) is 5.91 Å². The average Bonchev–Trinajstić information content (AvgIpc) is 3.47. The number of hydrogen-bond donors (Lipinski definition) is 1. The van der Waals surface area contributed by atoms with Gasteiger partial charge >= 0.3 is 0 Å². The number of hydrogen-bond acceptors (Lipinski definition) is 3. The first-order chi connectivity index (χ1) is 18.1. The fourth-order valence-electron chi connectivity index (χ4n) is 6.19. The Bertz CT molecular complexity index is 1500. The molecule has 188 valence electrons. The highest BCUT2D eigenvalue weighted by Gasteiger charge is 2.45. The highest BCUT2D eigenvalue weighted by atomic mass is 16.5. The van der Waals surface area contributed by atoms with Crippen LogP contribution in [0.4, 0.5) is 0 Å². The van der Waals surface area contributed by atoms with Crippen LogP contribution in [0.5, 0.6) is 11.5 Å². The standard InChI is InChI=1S/C32H32N2O3/c1-20(21-11-5-4-6-12-21)34-31(23-13-7-8-14-24(23)32(34)35)29-25-15-9-10-16-27(25)33-30(29)26-19-22(36-2)17-18-28(26)37-3/h4-6,9-12,15-20,31,33H,7-8,13-14H2,1-3H3/t20-,31+/m1/s1. The molecule has 0 saturated heterocycles. The van der Waals surface area contributed by atoms with Gasteiger partial charge in [-0.05, 0) is 68.0 Å². The molecule has 2 atom stereocenters. The zero-order valence-corrected chi connectivity index (χ0v) is 21.6. The predicted molar refractivity (Wildman–Crippen MR) is 147 cm³/mol. The number of aromatic nitrogens is 1. The fraction of sp³-hybridized carbons (Fsp3) is 0.281. The number of ether oxygens (including phenoxy) is 2. The van der Waals surface area contributed by atoms with Crippen molar-refractivity contribution in [1.29, 1.82) is 0 Å². The van der Waals surface area contributed by atoms with Crippen molar-refractivity contribution >= 4 is 16.8 Å². The molecule has 0 saturated carbocycles. The van der Waals surface area contributed by atoms with Crippen molar-refractivity contribution < 1.29 is 14.3 Å². The molecular weight excluding hydrogens is 460 g/mol. The summed E-state index contributed by atoms with van der Waals surface area (Å²) in [5, 5.41) is 1.13. The third-order valence-corrected chi connectivity index (χ3v) is 8.01. The van der Waals surface area contributed by atoms with Crippen LogP contribution in [0, 0.1) is 0 Å². The van der Waals surface area contributed by atoms with Crippen LogP contribution in [0.3, 0.4) is 0 Å². The van der Waals surface area contributed by atoms with E-state index in [1.165, 1.54) is 5.57 Å². The van der Waals surface area contributed by atoms with E-state index in [1.54, 1.807) is 14.2 Å². The summed E-state index contributed by atoms with van der Waals surface area (Å²) < 4.78 is 11.4. The third-order valence-electron chi connectivity index (χ3n) is 8.01. The second-order valence-electron chi connectivity index (χ2n) is 9.94. The topological polar surface area (TPSA) is 54.6 Å². The normalized spacial score (nSPS) is 18.3. The first-order valence-electron chi connectivity index (χ1n) is 13.0. The number of carbonyl (C=O) groups excluding carboxylic acids is 1. The number of para-hydroxylation sites is 1. The quantitative estimate of drug-likeness (QED) is 0.306. The number of H-pyrrole nitrogens is 1. The van der Waals surface area contributed by atoms with E-state index in [4.69, 9.17) is 9.47 Å². The summed E-state index contributed by atoms with van der Waals surface area (Å²) in [6.45, 7) is 2.15. The molecule has 1 aliphatic carbocycles. The van der Waals surface area contributed by atoms with Crippen LogP contribution < -0.4 is 9.47 Å². The van der Waals surface area contributed by atoms with Crippen molar-refractivity contribution in [2.24, 2.45) is 0 Å². The molecule has 6 rings (SSSR count). The Labute approximate surface area is 217 Å². The van der Waals surface area contributed by atoms with Crippen LogP contribution in [0.1, 0.15) is 55.8 Å². The SMILES string of the molecule is COc1ccc(OC)c(-c2[nH]c3ccccc3c2[C@@H]2C3=C(CCCC3)C(=O)N2[C@H](C)c2ccccc2)c1. The van der Waals surface area contributed by atoms with Gasteiger partial charge in [-0.3, -0.25) is 4.79 Å². The van der Waals surface area contributed by atoms with Gasteiger partial charge in [-0.1, -0.05) is 48.5 Å². The van der Waals surface area contributed by atoms with Crippen molar-refractivity contribution in [3.05, 3.63) is 95.1 Å². The van der Waals surface area contributed by atoms with Crippen molar-refractivity contribution in [1.82, 2.24) is 9.88 Å². The third kappa shape index (κ3) is 3.81. The number of fused-ring (bicyclic) bond motifs is 1. The van der Waals surface area contributed by atoms with E-state index < -0.39 is 0 Å². The van der Waals surface area contributed by atoms with E-state index in [0.717, 1.165) is 76.0 Å². The van der Waals surface area contributed by atoms with Crippen LogP contribution in [0.25, 0.3) is 22.2 Å². The lowest BCUT2D eigenvalue weighted by atomic mass is 9.85. The van der Waals surface area contributed by atoms with Gasteiger partial charge in [0.2, 0.25) is 0 Å². The lowest BCUT2D eigenvalue weighted by Gasteiger charge is -2.34. The Morgan fingerprint density at radius 1 is 0.919 bits per heavy atom. The smallest absolute Gasteiger partial charge is 0.251 e. The van der Waals surface area contributed by atoms with Gasteiger partial charge in [-0.25, -0.2) is 0 Å². The van der Waals surface area contributed by atoms with Gasteiger partial charge < -0.3 is 19.4 Å². The Morgan fingerprint density at radius 3 is 2.46 bits per heavy atom. The van der Waals surface area contributed by atoms with E-state index in [9.17, 15) is 4.79 Å². The molecule has 4 aromatic rings. The number of nitrogens with one attached hydrogen (secondary N) is 1. The van der Waals surface area contributed by atoms with Crippen LogP contribution in [0.2, 0.25) is 0 Å². The molecular formula is C32H32N2O3. The second kappa shape index (κ2) is 9.47. The molecule has 1 aliphatic heterocycles. The zero-order valence-electron chi connectivity index (χ0n) is 21.6. The minimum absolute atomic E-state index is 0.0713. The van der Waals surface area contributed by atoms with Crippen LogP contribution in [-0.4, -0.2) is 30.0 Å². The monoisotopic (exact) mass is 492 g/mol. The second-order valence-corrected chi connectivity index (χ2v) is 9.94. The van der Waals surface area contributed by atoms with Gasteiger partial charge in [0.05, 0.1) is 32.0 Å². The van der Waals surface area contributed by atoms with Gasteiger partial charge in [0, 0.05) is 27.6 Å². The molecule has 0 bridgehead atoms.